The number of alkyl halides is 1. The molecule has 0 radical (unpaired) electrons. The SMILES string of the molecule is CN1C(=O)c2cccc(N=C(N)CCl)c2C1=O. The van der Waals surface area contributed by atoms with E-state index < -0.39 is 0 Å². The minimum atomic E-state index is -0.369. The fourth-order valence-corrected chi connectivity index (χ4v) is 1.72. The second-order valence-electron chi connectivity index (χ2n) is 3.61. The second-order valence-corrected chi connectivity index (χ2v) is 3.87. The average Bonchev–Trinajstić information content (AvgIpc) is 2.55. The second kappa shape index (κ2) is 4.18. The number of hydrogen-bond donors (Lipinski definition) is 1. The Hall–Kier alpha value is -1.88. The number of halogens is 1. The zero-order chi connectivity index (χ0) is 12.6. The van der Waals surface area contributed by atoms with Gasteiger partial charge in [-0.05, 0) is 12.1 Å². The molecule has 0 saturated carbocycles. The standard InChI is InChI=1S/C11H10ClN3O2/c1-15-10(16)6-3-2-4-7(9(6)11(15)17)14-8(13)5-12/h2-4H,5H2,1H3,(H2,13,14). The highest BCUT2D eigenvalue weighted by atomic mass is 35.5. The van der Waals surface area contributed by atoms with Crippen LogP contribution in [0.3, 0.4) is 0 Å². The van der Waals surface area contributed by atoms with Crippen molar-refractivity contribution in [3.05, 3.63) is 29.3 Å². The van der Waals surface area contributed by atoms with Gasteiger partial charge in [-0.15, -0.1) is 11.6 Å². The monoisotopic (exact) mass is 251 g/mol. The lowest BCUT2D eigenvalue weighted by Gasteiger charge is -2.04. The predicted octanol–water partition coefficient (Wildman–Crippen LogP) is 1.14. The van der Waals surface area contributed by atoms with Crippen LogP contribution in [0.15, 0.2) is 23.2 Å². The third kappa shape index (κ3) is 1.78. The first-order chi connectivity index (χ1) is 8.06. The molecular weight excluding hydrogens is 242 g/mol. The van der Waals surface area contributed by atoms with E-state index in [0.717, 1.165) is 4.90 Å². The summed E-state index contributed by atoms with van der Waals surface area (Å²) in [4.78, 5) is 28.7. The molecule has 17 heavy (non-hydrogen) atoms. The van der Waals surface area contributed by atoms with E-state index in [9.17, 15) is 9.59 Å². The van der Waals surface area contributed by atoms with Crippen molar-refractivity contribution in [1.29, 1.82) is 0 Å². The zero-order valence-corrected chi connectivity index (χ0v) is 9.86. The first-order valence-corrected chi connectivity index (χ1v) is 5.44. The number of fused-ring (bicyclic) bond motifs is 1. The molecule has 1 aliphatic heterocycles. The van der Waals surface area contributed by atoms with Gasteiger partial charge in [-0.2, -0.15) is 0 Å². The summed E-state index contributed by atoms with van der Waals surface area (Å²) >= 11 is 5.53. The molecule has 1 heterocycles. The van der Waals surface area contributed by atoms with Gasteiger partial charge < -0.3 is 5.73 Å². The lowest BCUT2D eigenvalue weighted by molar-refractivity contribution is 0.0693. The Bertz CT molecular complexity index is 540. The van der Waals surface area contributed by atoms with E-state index in [0.29, 0.717) is 11.3 Å². The van der Waals surface area contributed by atoms with E-state index in [1.807, 2.05) is 0 Å². The summed E-state index contributed by atoms with van der Waals surface area (Å²) in [6.07, 6.45) is 0. The molecule has 0 unspecified atom stereocenters. The Labute approximate surface area is 103 Å². The van der Waals surface area contributed by atoms with Crippen molar-refractivity contribution in [1.82, 2.24) is 4.90 Å². The third-order valence-corrected chi connectivity index (χ3v) is 2.77. The highest BCUT2D eigenvalue weighted by Gasteiger charge is 2.34. The molecule has 0 spiro atoms. The molecule has 1 aromatic carbocycles. The number of amidine groups is 1. The minimum absolute atomic E-state index is 0.0711. The maximum Gasteiger partial charge on any atom is 0.263 e. The van der Waals surface area contributed by atoms with Crippen LogP contribution >= 0.6 is 11.6 Å². The largest absolute Gasteiger partial charge is 0.386 e. The molecule has 0 aliphatic carbocycles. The summed E-state index contributed by atoms with van der Waals surface area (Å²) < 4.78 is 0. The molecular formula is C11H10ClN3O2. The van der Waals surface area contributed by atoms with Crippen LogP contribution in [0.25, 0.3) is 0 Å². The van der Waals surface area contributed by atoms with Crippen LogP contribution in [0.1, 0.15) is 20.7 Å². The molecule has 0 fully saturated rings. The Morgan fingerprint density at radius 2 is 2.12 bits per heavy atom. The molecule has 5 nitrogen and oxygen atoms in total. The van der Waals surface area contributed by atoms with Crippen molar-refractivity contribution in [2.45, 2.75) is 0 Å². The number of nitrogens with zero attached hydrogens (tertiary/aromatic N) is 2. The van der Waals surface area contributed by atoms with Crippen LogP contribution in [-0.4, -0.2) is 35.5 Å². The molecule has 1 aromatic rings. The maximum absolute atomic E-state index is 11.9. The van der Waals surface area contributed by atoms with Crippen LogP contribution in [0.2, 0.25) is 0 Å². The number of nitrogens with two attached hydrogens (primary N) is 1. The van der Waals surface area contributed by atoms with Gasteiger partial charge in [0, 0.05) is 7.05 Å². The van der Waals surface area contributed by atoms with Crippen LogP contribution in [0.4, 0.5) is 5.69 Å². The number of carbonyl (C=O) groups excluding carboxylic acids is 2. The van der Waals surface area contributed by atoms with Gasteiger partial charge in [0.1, 0.15) is 5.84 Å². The Morgan fingerprint density at radius 3 is 2.76 bits per heavy atom. The molecule has 2 rings (SSSR count). The molecule has 2 amide bonds. The Balaban J connectivity index is 2.60. The number of imide groups is 1. The highest BCUT2D eigenvalue weighted by Crippen LogP contribution is 2.30. The van der Waals surface area contributed by atoms with Gasteiger partial charge in [-0.25, -0.2) is 4.99 Å². The van der Waals surface area contributed by atoms with Crippen LogP contribution in [-0.2, 0) is 0 Å². The first-order valence-electron chi connectivity index (χ1n) is 4.90. The van der Waals surface area contributed by atoms with E-state index in [-0.39, 0.29) is 29.1 Å². The number of amides is 2. The fraction of sp³-hybridized carbons (Fsp3) is 0.182. The van der Waals surface area contributed by atoms with Crippen molar-refractivity contribution in [2.75, 3.05) is 12.9 Å². The predicted molar refractivity (Wildman–Crippen MR) is 64.9 cm³/mol. The summed E-state index contributed by atoms with van der Waals surface area (Å²) in [7, 11) is 1.43. The summed E-state index contributed by atoms with van der Waals surface area (Å²) in [6.45, 7) is 0. The van der Waals surface area contributed by atoms with Gasteiger partial charge >= 0.3 is 0 Å². The van der Waals surface area contributed by atoms with Gasteiger partial charge in [0.25, 0.3) is 11.8 Å². The summed E-state index contributed by atoms with van der Waals surface area (Å²) in [5.74, 6) is -0.421. The lowest BCUT2D eigenvalue weighted by Crippen LogP contribution is -2.24. The average molecular weight is 252 g/mol. The lowest BCUT2D eigenvalue weighted by atomic mass is 10.1. The topological polar surface area (TPSA) is 75.8 Å². The van der Waals surface area contributed by atoms with Gasteiger partial charge in [-0.1, -0.05) is 6.07 Å². The summed E-state index contributed by atoms with van der Waals surface area (Å²) in [5, 5.41) is 0. The van der Waals surface area contributed by atoms with Crippen molar-refractivity contribution in [3.8, 4) is 0 Å². The highest BCUT2D eigenvalue weighted by molar-refractivity contribution is 6.28. The van der Waals surface area contributed by atoms with Crippen molar-refractivity contribution < 1.29 is 9.59 Å². The molecule has 0 aromatic heterocycles. The Morgan fingerprint density at radius 1 is 1.41 bits per heavy atom. The van der Waals surface area contributed by atoms with Crippen LogP contribution in [0.5, 0.6) is 0 Å². The molecule has 0 bridgehead atoms. The van der Waals surface area contributed by atoms with E-state index in [2.05, 4.69) is 4.99 Å². The van der Waals surface area contributed by atoms with Crippen molar-refractivity contribution >= 4 is 34.9 Å². The number of aliphatic imine (C=N–C) groups is 1. The van der Waals surface area contributed by atoms with Gasteiger partial charge in [0.05, 0.1) is 22.7 Å². The maximum atomic E-state index is 11.9. The molecule has 1 aliphatic rings. The number of carbonyl (C=O) groups is 2. The number of rotatable bonds is 2. The first kappa shape index (κ1) is 11.6. The van der Waals surface area contributed by atoms with Crippen LogP contribution in [0, 0.1) is 0 Å². The normalized spacial score (nSPS) is 15.4. The molecule has 6 heteroatoms. The molecule has 0 saturated heterocycles. The van der Waals surface area contributed by atoms with E-state index in [1.165, 1.54) is 7.05 Å². The van der Waals surface area contributed by atoms with E-state index >= 15 is 0 Å². The van der Waals surface area contributed by atoms with Crippen molar-refractivity contribution in [2.24, 2.45) is 10.7 Å². The van der Waals surface area contributed by atoms with E-state index in [4.69, 9.17) is 17.3 Å². The van der Waals surface area contributed by atoms with Gasteiger partial charge in [0.15, 0.2) is 0 Å². The molecule has 2 N–H and O–H groups in total. The number of benzene rings is 1. The molecule has 88 valence electrons. The summed E-state index contributed by atoms with van der Waals surface area (Å²) in [6, 6.07) is 4.88. The Kier molecular flexibility index (Phi) is 2.85. The minimum Gasteiger partial charge on any atom is -0.386 e. The van der Waals surface area contributed by atoms with Crippen molar-refractivity contribution in [3.63, 3.8) is 0 Å². The smallest absolute Gasteiger partial charge is 0.263 e. The molecule has 0 atom stereocenters. The van der Waals surface area contributed by atoms with E-state index in [1.54, 1.807) is 18.2 Å². The number of hydrogen-bond acceptors (Lipinski definition) is 3. The zero-order valence-electron chi connectivity index (χ0n) is 9.11. The quantitative estimate of drug-likeness (QED) is 0.371. The fourth-order valence-electron chi connectivity index (χ4n) is 1.66. The van der Waals surface area contributed by atoms with Crippen LogP contribution < -0.4 is 5.73 Å². The summed E-state index contributed by atoms with van der Waals surface area (Å²) in [5.41, 5.74) is 6.53. The third-order valence-electron chi connectivity index (χ3n) is 2.50. The van der Waals surface area contributed by atoms with Gasteiger partial charge in [-0.3, -0.25) is 14.5 Å². The van der Waals surface area contributed by atoms with Gasteiger partial charge in [0.2, 0.25) is 0 Å².